The Hall–Kier alpha value is -1.84. The summed E-state index contributed by atoms with van der Waals surface area (Å²) >= 11 is 0. The summed E-state index contributed by atoms with van der Waals surface area (Å²) in [6.07, 6.45) is 6.97. The third-order valence-corrected chi connectivity index (χ3v) is 3.70. The summed E-state index contributed by atoms with van der Waals surface area (Å²) in [7, 11) is 0. The number of aromatic nitrogens is 2. The van der Waals surface area contributed by atoms with Crippen LogP contribution >= 0.6 is 0 Å². The zero-order chi connectivity index (χ0) is 13.2. The van der Waals surface area contributed by atoms with Gasteiger partial charge < -0.3 is 9.88 Å². The Balaban J connectivity index is 1.71. The van der Waals surface area contributed by atoms with E-state index in [1.165, 1.54) is 10.9 Å². The van der Waals surface area contributed by atoms with Crippen LogP contribution in [0.15, 0.2) is 24.5 Å². The van der Waals surface area contributed by atoms with Gasteiger partial charge in [0.1, 0.15) is 5.65 Å². The molecule has 2 heterocycles. The number of aryl methyl sites for hydroxylation is 1. The number of carbonyl (C=O) groups is 1. The summed E-state index contributed by atoms with van der Waals surface area (Å²) < 4.78 is 2.16. The van der Waals surface area contributed by atoms with Crippen molar-refractivity contribution in [2.24, 2.45) is 5.92 Å². The largest absolute Gasteiger partial charge is 0.356 e. The molecule has 0 aliphatic heterocycles. The first-order valence-corrected chi connectivity index (χ1v) is 7.00. The second-order valence-corrected chi connectivity index (χ2v) is 5.13. The molecule has 100 valence electrons. The van der Waals surface area contributed by atoms with Crippen LogP contribution in [0.25, 0.3) is 11.0 Å². The van der Waals surface area contributed by atoms with Crippen molar-refractivity contribution in [3.05, 3.63) is 30.1 Å². The SMILES string of the molecule is CCn1cc(CCNC(=O)C2CC2)c2cccnc21. The van der Waals surface area contributed by atoms with Crippen LogP contribution in [-0.4, -0.2) is 22.0 Å². The number of nitrogens with one attached hydrogen (secondary N) is 1. The summed E-state index contributed by atoms with van der Waals surface area (Å²) in [5.74, 6) is 0.510. The number of fused-ring (bicyclic) bond motifs is 1. The molecule has 0 bridgehead atoms. The van der Waals surface area contributed by atoms with Gasteiger partial charge in [-0.05, 0) is 43.9 Å². The third-order valence-electron chi connectivity index (χ3n) is 3.70. The lowest BCUT2D eigenvalue weighted by molar-refractivity contribution is -0.122. The Morgan fingerprint density at radius 3 is 3.11 bits per heavy atom. The smallest absolute Gasteiger partial charge is 0.223 e. The normalized spacial score (nSPS) is 14.8. The fourth-order valence-electron chi connectivity index (χ4n) is 2.45. The molecule has 0 unspecified atom stereocenters. The Labute approximate surface area is 112 Å². The quantitative estimate of drug-likeness (QED) is 0.892. The van der Waals surface area contributed by atoms with E-state index in [9.17, 15) is 4.79 Å². The van der Waals surface area contributed by atoms with Gasteiger partial charge in [0.05, 0.1) is 0 Å². The molecule has 0 saturated heterocycles. The van der Waals surface area contributed by atoms with E-state index >= 15 is 0 Å². The molecule has 2 aromatic heterocycles. The van der Waals surface area contributed by atoms with Crippen molar-refractivity contribution in [1.29, 1.82) is 0 Å². The molecule has 19 heavy (non-hydrogen) atoms. The molecule has 1 N–H and O–H groups in total. The molecule has 1 saturated carbocycles. The second-order valence-electron chi connectivity index (χ2n) is 5.13. The molecule has 0 radical (unpaired) electrons. The molecule has 0 spiro atoms. The van der Waals surface area contributed by atoms with Crippen LogP contribution in [0, 0.1) is 5.92 Å². The van der Waals surface area contributed by atoms with Gasteiger partial charge in [-0.2, -0.15) is 0 Å². The lowest BCUT2D eigenvalue weighted by atomic mass is 10.1. The summed E-state index contributed by atoms with van der Waals surface area (Å²) in [4.78, 5) is 16.0. The number of pyridine rings is 1. The van der Waals surface area contributed by atoms with E-state index in [-0.39, 0.29) is 5.91 Å². The summed E-state index contributed by atoms with van der Waals surface area (Å²) in [5.41, 5.74) is 2.30. The average Bonchev–Trinajstić information content (AvgIpc) is 3.22. The topological polar surface area (TPSA) is 46.9 Å². The highest BCUT2D eigenvalue weighted by molar-refractivity contribution is 5.82. The summed E-state index contributed by atoms with van der Waals surface area (Å²) in [5, 5.41) is 4.22. The Bertz CT molecular complexity index is 598. The number of nitrogens with zero attached hydrogens (tertiary/aromatic N) is 2. The second kappa shape index (κ2) is 5.03. The highest BCUT2D eigenvalue weighted by Crippen LogP contribution is 2.28. The molecule has 1 fully saturated rings. The van der Waals surface area contributed by atoms with Crippen molar-refractivity contribution < 1.29 is 4.79 Å². The molecule has 0 atom stereocenters. The van der Waals surface area contributed by atoms with E-state index in [4.69, 9.17) is 0 Å². The molecule has 3 rings (SSSR count). The maximum atomic E-state index is 11.6. The first-order valence-electron chi connectivity index (χ1n) is 7.00. The molecular weight excluding hydrogens is 238 g/mol. The van der Waals surface area contributed by atoms with E-state index in [1.807, 2.05) is 12.3 Å². The molecule has 1 aliphatic rings. The van der Waals surface area contributed by atoms with Gasteiger partial charge in [0, 0.05) is 36.8 Å². The van der Waals surface area contributed by atoms with Crippen LogP contribution in [0.2, 0.25) is 0 Å². The Kier molecular flexibility index (Phi) is 3.23. The van der Waals surface area contributed by atoms with Gasteiger partial charge in [-0.15, -0.1) is 0 Å². The van der Waals surface area contributed by atoms with E-state index in [0.29, 0.717) is 12.5 Å². The highest BCUT2D eigenvalue weighted by Gasteiger charge is 2.29. The number of carbonyl (C=O) groups excluding carboxylic acids is 1. The van der Waals surface area contributed by atoms with E-state index in [2.05, 4.69) is 34.1 Å². The maximum Gasteiger partial charge on any atom is 0.223 e. The van der Waals surface area contributed by atoms with Crippen molar-refractivity contribution in [3.8, 4) is 0 Å². The number of rotatable bonds is 5. The fraction of sp³-hybridized carbons (Fsp3) is 0.467. The predicted molar refractivity (Wildman–Crippen MR) is 74.8 cm³/mol. The van der Waals surface area contributed by atoms with Crippen molar-refractivity contribution >= 4 is 16.9 Å². The van der Waals surface area contributed by atoms with E-state index in [1.54, 1.807) is 0 Å². The van der Waals surface area contributed by atoms with Crippen LogP contribution in [-0.2, 0) is 17.8 Å². The fourth-order valence-corrected chi connectivity index (χ4v) is 2.45. The lowest BCUT2D eigenvalue weighted by Gasteiger charge is -2.03. The van der Waals surface area contributed by atoms with Gasteiger partial charge in [-0.25, -0.2) is 4.98 Å². The highest BCUT2D eigenvalue weighted by atomic mass is 16.2. The average molecular weight is 257 g/mol. The van der Waals surface area contributed by atoms with Crippen molar-refractivity contribution in [1.82, 2.24) is 14.9 Å². The third kappa shape index (κ3) is 2.48. The summed E-state index contributed by atoms with van der Waals surface area (Å²) in [6.45, 7) is 3.75. The zero-order valence-electron chi connectivity index (χ0n) is 11.2. The molecule has 0 aromatic carbocycles. The van der Waals surface area contributed by atoms with Crippen LogP contribution in [0.3, 0.4) is 0 Å². The van der Waals surface area contributed by atoms with Crippen molar-refractivity contribution in [2.45, 2.75) is 32.7 Å². The minimum atomic E-state index is 0.220. The standard InChI is InChI=1S/C15H19N3O/c1-2-18-10-12(13-4-3-8-16-14(13)18)7-9-17-15(19)11-5-6-11/h3-4,8,10-11H,2,5-7,9H2,1H3,(H,17,19). The summed E-state index contributed by atoms with van der Waals surface area (Å²) in [6, 6.07) is 4.07. The molecule has 2 aromatic rings. The molecular formula is C15H19N3O. The number of hydrogen-bond acceptors (Lipinski definition) is 2. The van der Waals surface area contributed by atoms with Crippen molar-refractivity contribution in [2.75, 3.05) is 6.54 Å². The predicted octanol–water partition coefficient (Wildman–Crippen LogP) is 2.12. The Morgan fingerprint density at radius 2 is 2.37 bits per heavy atom. The van der Waals surface area contributed by atoms with Gasteiger partial charge in [-0.1, -0.05) is 0 Å². The van der Waals surface area contributed by atoms with Crippen molar-refractivity contribution in [3.63, 3.8) is 0 Å². The zero-order valence-corrected chi connectivity index (χ0v) is 11.2. The molecule has 1 amide bonds. The minimum Gasteiger partial charge on any atom is -0.356 e. The van der Waals surface area contributed by atoms with E-state index in [0.717, 1.165) is 31.5 Å². The molecule has 4 heteroatoms. The first kappa shape index (κ1) is 12.2. The van der Waals surface area contributed by atoms with Gasteiger partial charge in [-0.3, -0.25) is 4.79 Å². The number of hydrogen-bond donors (Lipinski definition) is 1. The van der Waals surface area contributed by atoms with Crippen LogP contribution in [0.4, 0.5) is 0 Å². The lowest BCUT2D eigenvalue weighted by Crippen LogP contribution is -2.26. The van der Waals surface area contributed by atoms with Crippen LogP contribution in [0.1, 0.15) is 25.3 Å². The van der Waals surface area contributed by atoms with Gasteiger partial charge >= 0.3 is 0 Å². The molecule has 1 aliphatic carbocycles. The van der Waals surface area contributed by atoms with Gasteiger partial charge in [0.15, 0.2) is 0 Å². The van der Waals surface area contributed by atoms with Gasteiger partial charge in [0.25, 0.3) is 0 Å². The van der Waals surface area contributed by atoms with Crippen LogP contribution < -0.4 is 5.32 Å². The first-order chi connectivity index (χ1) is 9.29. The van der Waals surface area contributed by atoms with Crippen LogP contribution in [0.5, 0.6) is 0 Å². The minimum absolute atomic E-state index is 0.220. The van der Waals surface area contributed by atoms with E-state index < -0.39 is 0 Å². The Morgan fingerprint density at radius 1 is 1.53 bits per heavy atom. The van der Waals surface area contributed by atoms with Gasteiger partial charge in [0.2, 0.25) is 5.91 Å². The number of amides is 1. The maximum absolute atomic E-state index is 11.6. The monoisotopic (exact) mass is 257 g/mol. The molecule has 4 nitrogen and oxygen atoms in total.